The van der Waals surface area contributed by atoms with Gasteiger partial charge in [-0.2, -0.15) is 0 Å². The number of benzene rings is 1. The summed E-state index contributed by atoms with van der Waals surface area (Å²) in [4.78, 5) is 25.8. The molecule has 3 heterocycles. The maximum Gasteiger partial charge on any atom is 0.244 e. The number of anilines is 1. The Balaban J connectivity index is 1.51. The normalized spacial score (nSPS) is 18.2. The van der Waals surface area contributed by atoms with Gasteiger partial charge in [-0.3, -0.25) is 14.1 Å². The number of carbonyl (C=O) groups excluding carboxylic acids is 1. The summed E-state index contributed by atoms with van der Waals surface area (Å²) in [5.41, 5.74) is 1.90. The zero-order valence-electron chi connectivity index (χ0n) is 14.2. The lowest BCUT2D eigenvalue weighted by molar-refractivity contribution is -0.125. The number of piperidine rings is 1. The predicted octanol–water partition coefficient (Wildman–Crippen LogP) is 2.36. The van der Waals surface area contributed by atoms with Crippen LogP contribution in [0.15, 0.2) is 55.0 Å². The minimum atomic E-state index is -0.119. The van der Waals surface area contributed by atoms with E-state index in [9.17, 15) is 4.79 Å². The second-order valence-electron chi connectivity index (χ2n) is 6.46. The number of para-hydroxylation sites is 1. The lowest BCUT2D eigenvalue weighted by Crippen LogP contribution is -2.51. The Bertz CT molecular complexity index is 843. The molecule has 0 aliphatic carbocycles. The van der Waals surface area contributed by atoms with Gasteiger partial charge in [0, 0.05) is 37.4 Å². The fourth-order valence-electron chi connectivity index (χ4n) is 3.45. The van der Waals surface area contributed by atoms with Crippen molar-refractivity contribution >= 4 is 17.4 Å². The van der Waals surface area contributed by atoms with Crippen molar-refractivity contribution in [3.8, 4) is 0 Å². The summed E-state index contributed by atoms with van der Waals surface area (Å²) >= 11 is 0. The molecule has 2 aromatic heterocycles. The van der Waals surface area contributed by atoms with E-state index in [1.165, 1.54) is 0 Å². The standard InChI is InChI=1S/C19H21N5O/c1-22(13-15-14-23-11-6-10-20-19(23)21-15)17-9-5-12-24(18(17)25)16-7-3-2-4-8-16/h2-4,6-8,10-11,14,17H,5,9,12-13H2,1H3/t17-/m1/s1. The highest BCUT2D eigenvalue weighted by Crippen LogP contribution is 2.23. The molecule has 4 rings (SSSR count). The topological polar surface area (TPSA) is 53.7 Å². The van der Waals surface area contributed by atoms with Gasteiger partial charge in [-0.05, 0) is 38.1 Å². The summed E-state index contributed by atoms with van der Waals surface area (Å²) in [5.74, 6) is 0.855. The van der Waals surface area contributed by atoms with Crippen LogP contribution in [0.25, 0.3) is 5.78 Å². The van der Waals surface area contributed by atoms with Crippen LogP contribution >= 0.6 is 0 Å². The average molecular weight is 335 g/mol. The van der Waals surface area contributed by atoms with E-state index in [1.54, 1.807) is 6.20 Å². The molecule has 0 N–H and O–H groups in total. The summed E-state index contributed by atoms with van der Waals surface area (Å²) in [6.45, 7) is 1.41. The highest BCUT2D eigenvalue weighted by atomic mass is 16.2. The minimum absolute atomic E-state index is 0.119. The molecule has 1 aromatic carbocycles. The van der Waals surface area contributed by atoms with Crippen molar-refractivity contribution in [1.29, 1.82) is 0 Å². The summed E-state index contributed by atoms with van der Waals surface area (Å²) < 4.78 is 1.90. The predicted molar refractivity (Wildman–Crippen MR) is 96.3 cm³/mol. The number of imidazole rings is 1. The molecule has 1 atom stereocenters. The first-order valence-electron chi connectivity index (χ1n) is 8.57. The Morgan fingerprint density at radius 3 is 2.88 bits per heavy atom. The molecule has 0 unspecified atom stereocenters. The largest absolute Gasteiger partial charge is 0.311 e. The lowest BCUT2D eigenvalue weighted by atomic mass is 10.0. The van der Waals surface area contributed by atoms with E-state index in [-0.39, 0.29) is 11.9 Å². The molecule has 1 fully saturated rings. The van der Waals surface area contributed by atoms with Crippen molar-refractivity contribution in [3.05, 3.63) is 60.7 Å². The van der Waals surface area contributed by atoms with E-state index in [0.717, 1.165) is 30.8 Å². The first-order valence-corrected chi connectivity index (χ1v) is 8.57. The number of carbonyl (C=O) groups is 1. The Morgan fingerprint density at radius 2 is 2.08 bits per heavy atom. The molecular formula is C19H21N5O. The molecule has 0 saturated carbocycles. The van der Waals surface area contributed by atoms with Crippen LogP contribution in [0.4, 0.5) is 5.69 Å². The molecule has 0 spiro atoms. The molecule has 25 heavy (non-hydrogen) atoms. The molecule has 0 radical (unpaired) electrons. The van der Waals surface area contributed by atoms with Crippen molar-refractivity contribution in [2.75, 3.05) is 18.5 Å². The van der Waals surface area contributed by atoms with Crippen molar-refractivity contribution < 1.29 is 4.79 Å². The van der Waals surface area contributed by atoms with E-state index in [0.29, 0.717) is 12.3 Å². The molecule has 1 aliphatic heterocycles. The summed E-state index contributed by atoms with van der Waals surface area (Å²) in [5, 5.41) is 0. The minimum Gasteiger partial charge on any atom is -0.311 e. The van der Waals surface area contributed by atoms with Gasteiger partial charge in [-0.25, -0.2) is 9.97 Å². The van der Waals surface area contributed by atoms with Gasteiger partial charge in [0.05, 0.1) is 11.7 Å². The quantitative estimate of drug-likeness (QED) is 0.734. The van der Waals surface area contributed by atoms with Crippen LogP contribution in [0.1, 0.15) is 18.5 Å². The molecule has 1 saturated heterocycles. The van der Waals surface area contributed by atoms with Crippen LogP contribution in [0.2, 0.25) is 0 Å². The molecule has 128 valence electrons. The molecule has 0 bridgehead atoms. The third kappa shape index (κ3) is 3.13. The van der Waals surface area contributed by atoms with Gasteiger partial charge in [-0.15, -0.1) is 0 Å². The van der Waals surface area contributed by atoms with Gasteiger partial charge >= 0.3 is 0 Å². The molecule has 1 amide bonds. The Morgan fingerprint density at radius 1 is 1.24 bits per heavy atom. The number of hydrogen-bond donors (Lipinski definition) is 0. The first-order chi connectivity index (χ1) is 12.2. The smallest absolute Gasteiger partial charge is 0.244 e. The van der Waals surface area contributed by atoms with E-state index in [1.807, 2.05) is 65.1 Å². The van der Waals surface area contributed by atoms with Gasteiger partial charge in [0.25, 0.3) is 0 Å². The fraction of sp³-hybridized carbons (Fsp3) is 0.316. The highest BCUT2D eigenvalue weighted by Gasteiger charge is 2.32. The summed E-state index contributed by atoms with van der Waals surface area (Å²) in [7, 11) is 1.99. The monoisotopic (exact) mass is 335 g/mol. The number of nitrogens with zero attached hydrogens (tertiary/aromatic N) is 5. The Labute approximate surface area is 146 Å². The van der Waals surface area contributed by atoms with E-state index in [2.05, 4.69) is 14.9 Å². The average Bonchev–Trinajstić information content (AvgIpc) is 3.04. The maximum absolute atomic E-state index is 13.0. The third-order valence-corrected chi connectivity index (χ3v) is 4.71. The number of aromatic nitrogens is 3. The van der Waals surface area contributed by atoms with E-state index < -0.39 is 0 Å². The van der Waals surface area contributed by atoms with Crippen molar-refractivity contribution in [2.24, 2.45) is 0 Å². The zero-order chi connectivity index (χ0) is 17.2. The lowest BCUT2D eigenvalue weighted by Gasteiger charge is -2.36. The molecule has 6 heteroatoms. The highest BCUT2D eigenvalue weighted by molar-refractivity contribution is 5.97. The molecule has 6 nitrogen and oxygen atoms in total. The Hall–Kier alpha value is -2.73. The maximum atomic E-state index is 13.0. The SMILES string of the molecule is CN(Cc1cn2cccnc2n1)[C@@H]1CCCN(c2ccccc2)C1=O. The van der Waals surface area contributed by atoms with Crippen LogP contribution in [-0.4, -0.2) is 44.8 Å². The van der Waals surface area contributed by atoms with Crippen molar-refractivity contribution in [1.82, 2.24) is 19.3 Å². The number of rotatable bonds is 4. The van der Waals surface area contributed by atoms with E-state index >= 15 is 0 Å². The summed E-state index contributed by atoms with van der Waals surface area (Å²) in [6, 6.07) is 11.7. The number of fused-ring (bicyclic) bond motifs is 1. The van der Waals surface area contributed by atoms with Crippen molar-refractivity contribution in [3.63, 3.8) is 0 Å². The molecule has 1 aliphatic rings. The molecule has 3 aromatic rings. The molecular weight excluding hydrogens is 314 g/mol. The van der Waals surface area contributed by atoms with Gasteiger partial charge in [0.1, 0.15) is 0 Å². The zero-order valence-corrected chi connectivity index (χ0v) is 14.2. The first kappa shape index (κ1) is 15.8. The van der Waals surface area contributed by atoms with Gasteiger partial charge in [0.15, 0.2) is 0 Å². The third-order valence-electron chi connectivity index (χ3n) is 4.71. The second kappa shape index (κ2) is 6.64. The van der Waals surface area contributed by atoms with Gasteiger partial charge in [-0.1, -0.05) is 18.2 Å². The second-order valence-corrected chi connectivity index (χ2v) is 6.46. The van der Waals surface area contributed by atoms with Crippen LogP contribution < -0.4 is 4.90 Å². The van der Waals surface area contributed by atoms with Crippen LogP contribution in [-0.2, 0) is 11.3 Å². The van der Waals surface area contributed by atoms with Gasteiger partial charge < -0.3 is 4.90 Å². The number of hydrogen-bond acceptors (Lipinski definition) is 4. The summed E-state index contributed by atoms with van der Waals surface area (Å²) in [6.07, 6.45) is 7.52. The fourth-order valence-corrected chi connectivity index (χ4v) is 3.45. The van der Waals surface area contributed by atoms with Crippen LogP contribution in [0.3, 0.4) is 0 Å². The van der Waals surface area contributed by atoms with Crippen LogP contribution in [0.5, 0.6) is 0 Å². The van der Waals surface area contributed by atoms with E-state index in [4.69, 9.17) is 0 Å². The number of likely N-dealkylation sites (N-methyl/N-ethyl adjacent to an activating group) is 1. The van der Waals surface area contributed by atoms with Crippen LogP contribution in [0, 0.1) is 0 Å². The Kier molecular flexibility index (Phi) is 4.19. The van der Waals surface area contributed by atoms with Gasteiger partial charge in [0.2, 0.25) is 11.7 Å². The van der Waals surface area contributed by atoms with Crippen molar-refractivity contribution in [2.45, 2.75) is 25.4 Å². The number of amides is 1.